The van der Waals surface area contributed by atoms with Gasteiger partial charge in [-0.05, 0) is 67.1 Å². The zero-order chi connectivity index (χ0) is 15.7. The highest BCUT2D eigenvalue weighted by Crippen LogP contribution is 2.65. The Kier molecular flexibility index (Phi) is 3.61. The van der Waals surface area contributed by atoms with Crippen LogP contribution in [0.2, 0.25) is 0 Å². The summed E-state index contributed by atoms with van der Waals surface area (Å²) in [6, 6.07) is 0. The molecule has 4 aliphatic rings. The molecule has 0 radical (unpaired) electrons. The van der Waals surface area contributed by atoms with Crippen LogP contribution in [-0.4, -0.2) is 27.2 Å². The molecule has 22 heavy (non-hydrogen) atoms. The number of allylic oxidation sites excluding steroid dienone is 1. The first-order valence-electron chi connectivity index (χ1n) is 9.09. The minimum atomic E-state index is -0.305. The number of hydrogen-bond acceptors (Lipinski definition) is 2. The van der Waals surface area contributed by atoms with E-state index in [-0.39, 0.29) is 22.5 Å². The topological polar surface area (TPSA) is 40.5 Å². The lowest BCUT2D eigenvalue weighted by molar-refractivity contribution is -0.101. The molecule has 0 aliphatic heterocycles. The third-order valence-electron chi connectivity index (χ3n) is 7.98. The van der Waals surface area contributed by atoms with Gasteiger partial charge < -0.3 is 10.2 Å². The average Bonchev–Trinajstić information content (AvgIpc) is 2.71. The SMILES string of the molecule is C[C@]12CC[C@H]3[C@@H]([C@H](O)C=C4CCCC[C@@]43C)[C@@H]1C[C@@H](Br)[C@@H]2O. The van der Waals surface area contributed by atoms with Crippen molar-refractivity contribution >= 4 is 15.9 Å². The number of alkyl halides is 1. The van der Waals surface area contributed by atoms with E-state index in [1.165, 1.54) is 37.7 Å². The van der Waals surface area contributed by atoms with Crippen LogP contribution >= 0.6 is 15.9 Å². The summed E-state index contributed by atoms with van der Waals surface area (Å²) in [6.07, 6.45) is 10.0. The number of aliphatic hydroxyl groups excluding tert-OH is 2. The molecule has 0 heterocycles. The zero-order valence-electron chi connectivity index (χ0n) is 13.8. The van der Waals surface area contributed by atoms with E-state index >= 15 is 0 Å². The highest BCUT2D eigenvalue weighted by atomic mass is 79.9. The number of rotatable bonds is 0. The summed E-state index contributed by atoms with van der Waals surface area (Å²) in [5.41, 5.74) is 1.82. The van der Waals surface area contributed by atoms with Gasteiger partial charge in [-0.3, -0.25) is 0 Å². The number of hydrogen-bond donors (Lipinski definition) is 2. The van der Waals surface area contributed by atoms with Gasteiger partial charge in [0.05, 0.1) is 12.2 Å². The molecule has 0 aromatic rings. The Balaban J connectivity index is 1.75. The maximum Gasteiger partial charge on any atom is 0.0757 e. The summed E-state index contributed by atoms with van der Waals surface area (Å²) in [4.78, 5) is 0.193. The van der Waals surface area contributed by atoms with Gasteiger partial charge in [-0.1, -0.05) is 47.8 Å². The molecule has 0 unspecified atom stereocenters. The van der Waals surface area contributed by atoms with Crippen molar-refractivity contribution in [2.24, 2.45) is 28.6 Å². The number of halogens is 1. The van der Waals surface area contributed by atoms with E-state index in [4.69, 9.17) is 0 Å². The molecule has 3 fully saturated rings. The molecule has 124 valence electrons. The normalized spacial score (nSPS) is 57.6. The quantitative estimate of drug-likeness (QED) is 0.500. The minimum Gasteiger partial charge on any atom is -0.391 e. The largest absolute Gasteiger partial charge is 0.391 e. The van der Waals surface area contributed by atoms with Gasteiger partial charge in [-0.15, -0.1) is 0 Å². The maximum atomic E-state index is 10.9. The predicted octanol–water partition coefficient (Wildman–Crippen LogP) is 4.04. The Morgan fingerprint density at radius 2 is 1.91 bits per heavy atom. The molecular formula is C19H29BrO2. The van der Waals surface area contributed by atoms with Crippen molar-refractivity contribution in [2.75, 3.05) is 0 Å². The predicted molar refractivity (Wildman–Crippen MR) is 91.8 cm³/mol. The fraction of sp³-hybridized carbons (Fsp3) is 0.895. The fourth-order valence-corrected chi connectivity index (χ4v) is 7.64. The van der Waals surface area contributed by atoms with E-state index in [9.17, 15) is 10.2 Å². The van der Waals surface area contributed by atoms with Crippen LogP contribution < -0.4 is 0 Å². The molecule has 0 spiro atoms. The van der Waals surface area contributed by atoms with E-state index in [0.717, 1.165) is 12.8 Å². The summed E-state index contributed by atoms with van der Waals surface area (Å²) in [5, 5.41) is 21.6. The van der Waals surface area contributed by atoms with Crippen LogP contribution in [0.3, 0.4) is 0 Å². The van der Waals surface area contributed by atoms with Crippen LogP contribution in [0.4, 0.5) is 0 Å². The molecule has 0 aromatic carbocycles. The summed E-state index contributed by atoms with van der Waals surface area (Å²) in [7, 11) is 0. The Morgan fingerprint density at radius 3 is 2.68 bits per heavy atom. The first-order chi connectivity index (χ1) is 10.4. The Labute approximate surface area is 142 Å². The Bertz CT molecular complexity index is 504. The fourth-order valence-electron chi connectivity index (χ4n) is 6.63. The van der Waals surface area contributed by atoms with Crippen LogP contribution in [-0.2, 0) is 0 Å². The lowest BCUT2D eigenvalue weighted by atomic mass is 9.47. The first-order valence-corrected chi connectivity index (χ1v) is 10.0. The van der Waals surface area contributed by atoms with Crippen molar-refractivity contribution in [2.45, 2.75) is 75.8 Å². The van der Waals surface area contributed by atoms with E-state index in [0.29, 0.717) is 23.2 Å². The van der Waals surface area contributed by atoms with Crippen LogP contribution in [0.5, 0.6) is 0 Å². The third kappa shape index (κ3) is 1.91. The molecule has 2 nitrogen and oxygen atoms in total. The maximum absolute atomic E-state index is 10.9. The molecule has 0 bridgehead atoms. The van der Waals surface area contributed by atoms with Crippen LogP contribution in [0.25, 0.3) is 0 Å². The third-order valence-corrected chi connectivity index (χ3v) is 8.85. The zero-order valence-corrected chi connectivity index (χ0v) is 15.3. The lowest BCUT2D eigenvalue weighted by Gasteiger charge is -2.58. The van der Waals surface area contributed by atoms with Gasteiger partial charge in [0, 0.05) is 4.83 Å². The smallest absolute Gasteiger partial charge is 0.0757 e. The number of aliphatic hydroxyl groups is 2. The van der Waals surface area contributed by atoms with Crippen molar-refractivity contribution in [1.29, 1.82) is 0 Å². The summed E-state index contributed by atoms with van der Waals surface area (Å²) in [5.74, 6) is 1.38. The van der Waals surface area contributed by atoms with Crippen molar-refractivity contribution in [3.63, 3.8) is 0 Å². The average molecular weight is 369 g/mol. The molecule has 8 atom stereocenters. The van der Waals surface area contributed by atoms with Crippen LogP contribution in [0.15, 0.2) is 11.6 Å². The van der Waals surface area contributed by atoms with Crippen LogP contribution in [0.1, 0.15) is 58.8 Å². The standard InChI is InChI=1S/C19H29BrO2/c1-18-7-4-3-5-11(18)9-15(21)16-12(18)6-8-19(2)13(16)10-14(20)17(19)22/h9,12-17,21-22H,3-8,10H2,1-2H3/t12-,13-,14+,15+,16+,17-,18-,19-/m0/s1. The second-order valence-corrected chi connectivity index (χ2v) is 10.0. The summed E-state index contributed by atoms with van der Waals surface area (Å²) in [6.45, 7) is 4.72. The highest BCUT2D eigenvalue weighted by molar-refractivity contribution is 9.09. The van der Waals surface area contributed by atoms with Gasteiger partial charge in [0.25, 0.3) is 0 Å². The summed E-state index contributed by atoms with van der Waals surface area (Å²) >= 11 is 3.70. The van der Waals surface area contributed by atoms with E-state index in [1.54, 1.807) is 0 Å². The molecular weight excluding hydrogens is 340 g/mol. The summed E-state index contributed by atoms with van der Waals surface area (Å²) < 4.78 is 0. The number of fused-ring (bicyclic) bond motifs is 5. The molecule has 2 N–H and O–H groups in total. The Hall–Kier alpha value is 0.140. The van der Waals surface area contributed by atoms with Gasteiger partial charge in [0.1, 0.15) is 0 Å². The van der Waals surface area contributed by atoms with Gasteiger partial charge in [0.2, 0.25) is 0 Å². The van der Waals surface area contributed by atoms with E-state index in [1.807, 2.05) is 0 Å². The lowest BCUT2D eigenvalue weighted by Crippen LogP contribution is -2.54. The van der Waals surface area contributed by atoms with Gasteiger partial charge in [-0.25, -0.2) is 0 Å². The van der Waals surface area contributed by atoms with Crippen LogP contribution in [0, 0.1) is 28.6 Å². The first kappa shape index (κ1) is 15.7. The monoisotopic (exact) mass is 368 g/mol. The van der Waals surface area contributed by atoms with Crippen molar-refractivity contribution < 1.29 is 10.2 Å². The molecule has 4 aliphatic carbocycles. The van der Waals surface area contributed by atoms with Crippen molar-refractivity contribution in [3.05, 3.63) is 11.6 Å². The second-order valence-electron chi connectivity index (χ2n) is 8.84. The molecule has 3 saturated carbocycles. The molecule has 0 saturated heterocycles. The Morgan fingerprint density at radius 1 is 1.14 bits per heavy atom. The minimum absolute atomic E-state index is 0.0211. The molecule has 0 amide bonds. The molecule has 0 aromatic heterocycles. The highest BCUT2D eigenvalue weighted by Gasteiger charge is 2.62. The molecule has 3 heteroatoms. The van der Waals surface area contributed by atoms with E-state index < -0.39 is 0 Å². The molecule has 4 rings (SSSR count). The van der Waals surface area contributed by atoms with Gasteiger partial charge >= 0.3 is 0 Å². The second kappa shape index (κ2) is 5.07. The van der Waals surface area contributed by atoms with Gasteiger partial charge in [-0.2, -0.15) is 0 Å². The van der Waals surface area contributed by atoms with Crippen molar-refractivity contribution in [3.8, 4) is 0 Å². The van der Waals surface area contributed by atoms with Crippen molar-refractivity contribution in [1.82, 2.24) is 0 Å². The van der Waals surface area contributed by atoms with Gasteiger partial charge in [0.15, 0.2) is 0 Å². The van der Waals surface area contributed by atoms with E-state index in [2.05, 4.69) is 35.9 Å².